The van der Waals surface area contributed by atoms with E-state index in [1.807, 2.05) is 41.2 Å². The van der Waals surface area contributed by atoms with Crippen molar-refractivity contribution in [2.24, 2.45) is 0 Å². The summed E-state index contributed by atoms with van der Waals surface area (Å²) in [5.41, 5.74) is 1.67. The van der Waals surface area contributed by atoms with Crippen LogP contribution in [0.4, 0.5) is 0 Å². The molecule has 104 valence electrons. The number of rotatable bonds is 4. The highest BCUT2D eigenvalue weighted by atomic mass is 127. The van der Waals surface area contributed by atoms with Crippen LogP contribution in [0, 0.1) is 3.57 Å². The van der Waals surface area contributed by atoms with E-state index in [0.717, 1.165) is 14.8 Å². The summed E-state index contributed by atoms with van der Waals surface area (Å²) in [6.07, 6.45) is 7.42. The molecular formula is C16H17IN2O. The van der Waals surface area contributed by atoms with Gasteiger partial charge in [0.2, 0.25) is 0 Å². The van der Waals surface area contributed by atoms with E-state index in [-0.39, 0.29) is 5.78 Å². The molecule has 0 saturated heterocycles. The standard InChI is InChI=1S/C16H17IN2O/c17-15-8-4-3-7-14(15)16(20)11-12-9-10-19(18-12)13-5-1-2-6-13/h3-4,7-10,13H,1-2,5-6,11H2. The lowest BCUT2D eigenvalue weighted by Crippen LogP contribution is -2.09. The van der Waals surface area contributed by atoms with Crippen LogP contribution in [0.2, 0.25) is 0 Å². The molecule has 0 unspecified atom stereocenters. The summed E-state index contributed by atoms with van der Waals surface area (Å²) in [7, 11) is 0. The summed E-state index contributed by atoms with van der Waals surface area (Å²) in [5.74, 6) is 0.145. The quantitative estimate of drug-likeness (QED) is 0.593. The van der Waals surface area contributed by atoms with Crippen molar-refractivity contribution in [3.8, 4) is 0 Å². The molecule has 0 atom stereocenters. The molecule has 1 aliphatic carbocycles. The number of carbonyl (C=O) groups excluding carboxylic acids is 1. The third kappa shape index (κ3) is 2.95. The highest BCUT2D eigenvalue weighted by Crippen LogP contribution is 2.28. The Bertz CT molecular complexity index is 614. The SMILES string of the molecule is O=C(Cc1ccn(C2CCCC2)n1)c1ccccc1I. The number of ketones is 1. The topological polar surface area (TPSA) is 34.9 Å². The van der Waals surface area contributed by atoms with Gasteiger partial charge < -0.3 is 0 Å². The largest absolute Gasteiger partial charge is 0.294 e. The summed E-state index contributed by atoms with van der Waals surface area (Å²) in [6, 6.07) is 10.2. The maximum Gasteiger partial charge on any atom is 0.169 e. The van der Waals surface area contributed by atoms with E-state index in [0.29, 0.717) is 12.5 Å². The Kier molecular flexibility index (Phi) is 4.19. The zero-order valence-electron chi connectivity index (χ0n) is 11.3. The monoisotopic (exact) mass is 380 g/mol. The van der Waals surface area contributed by atoms with Crippen LogP contribution in [-0.4, -0.2) is 15.6 Å². The van der Waals surface area contributed by atoms with Gasteiger partial charge in [-0.1, -0.05) is 31.0 Å². The van der Waals surface area contributed by atoms with Gasteiger partial charge in [0.05, 0.1) is 18.2 Å². The van der Waals surface area contributed by atoms with Gasteiger partial charge in [-0.05, 0) is 47.6 Å². The molecule has 1 fully saturated rings. The van der Waals surface area contributed by atoms with Gasteiger partial charge in [-0.3, -0.25) is 9.48 Å². The first kappa shape index (κ1) is 13.8. The number of halogens is 1. The number of Topliss-reactive ketones (excluding diaryl/α,β-unsaturated/α-hetero) is 1. The van der Waals surface area contributed by atoms with Crippen LogP contribution in [0.1, 0.15) is 47.8 Å². The molecule has 1 aromatic heterocycles. The van der Waals surface area contributed by atoms with Gasteiger partial charge in [-0.2, -0.15) is 5.10 Å². The summed E-state index contributed by atoms with van der Waals surface area (Å²) < 4.78 is 3.05. The second-order valence-electron chi connectivity index (χ2n) is 5.31. The molecule has 0 amide bonds. The van der Waals surface area contributed by atoms with Gasteiger partial charge in [0.15, 0.2) is 5.78 Å². The van der Waals surface area contributed by atoms with Crippen molar-refractivity contribution in [2.45, 2.75) is 38.1 Å². The smallest absolute Gasteiger partial charge is 0.169 e. The molecule has 1 aromatic carbocycles. The second kappa shape index (κ2) is 6.08. The molecule has 0 spiro atoms. The van der Waals surface area contributed by atoms with E-state index in [2.05, 4.69) is 27.7 Å². The molecule has 2 aromatic rings. The molecular weight excluding hydrogens is 363 g/mol. The fraction of sp³-hybridized carbons (Fsp3) is 0.375. The van der Waals surface area contributed by atoms with Crippen LogP contribution in [0.25, 0.3) is 0 Å². The van der Waals surface area contributed by atoms with Crippen LogP contribution in [0.15, 0.2) is 36.5 Å². The van der Waals surface area contributed by atoms with E-state index in [4.69, 9.17) is 0 Å². The Labute approximate surface area is 132 Å². The Balaban J connectivity index is 1.72. The molecule has 20 heavy (non-hydrogen) atoms. The lowest BCUT2D eigenvalue weighted by atomic mass is 10.1. The number of hydrogen-bond acceptors (Lipinski definition) is 2. The minimum atomic E-state index is 0.145. The van der Waals surface area contributed by atoms with Crippen molar-refractivity contribution in [3.63, 3.8) is 0 Å². The Hall–Kier alpha value is -1.17. The molecule has 1 heterocycles. The first-order valence-electron chi connectivity index (χ1n) is 7.06. The number of aromatic nitrogens is 2. The highest BCUT2D eigenvalue weighted by molar-refractivity contribution is 14.1. The number of nitrogens with zero attached hydrogens (tertiary/aromatic N) is 2. The summed E-state index contributed by atoms with van der Waals surface area (Å²) in [4.78, 5) is 12.3. The lowest BCUT2D eigenvalue weighted by Gasteiger charge is -2.08. The molecule has 0 bridgehead atoms. The maximum atomic E-state index is 12.3. The van der Waals surface area contributed by atoms with Crippen LogP contribution in [0.5, 0.6) is 0 Å². The molecule has 4 heteroatoms. The molecule has 1 saturated carbocycles. The van der Waals surface area contributed by atoms with Gasteiger partial charge in [0.1, 0.15) is 0 Å². The van der Waals surface area contributed by atoms with Crippen molar-refractivity contribution >= 4 is 28.4 Å². The van der Waals surface area contributed by atoms with E-state index in [9.17, 15) is 4.79 Å². The van der Waals surface area contributed by atoms with Gasteiger partial charge >= 0.3 is 0 Å². The molecule has 0 aliphatic heterocycles. The van der Waals surface area contributed by atoms with Crippen LogP contribution in [-0.2, 0) is 6.42 Å². The van der Waals surface area contributed by atoms with Crippen molar-refractivity contribution in [1.82, 2.24) is 9.78 Å². The normalized spacial score (nSPS) is 15.7. The van der Waals surface area contributed by atoms with Gasteiger partial charge in [-0.15, -0.1) is 0 Å². The average Bonchev–Trinajstić information content (AvgIpc) is 3.09. The van der Waals surface area contributed by atoms with Crippen molar-refractivity contribution in [2.75, 3.05) is 0 Å². The zero-order valence-corrected chi connectivity index (χ0v) is 13.4. The Morgan fingerprint density at radius 1 is 1.25 bits per heavy atom. The van der Waals surface area contributed by atoms with E-state index >= 15 is 0 Å². The maximum absolute atomic E-state index is 12.3. The number of carbonyl (C=O) groups is 1. The van der Waals surface area contributed by atoms with E-state index < -0.39 is 0 Å². The molecule has 3 rings (SSSR count). The third-order valence-corrected chi connectivity index (χ3v) is 4.82. The van der Waals surface area contributed by atoms with Gasteiger partial charge in [0.25, 0.3) is 0 Å². The number of hydrogen-bond donors (Lipinski definition) is 0. The van der Waals surface area contributed by atoms with Gasteiger partial charge in [-0.25, -0.2) is 0 Å². The Morgan fingerprint density at radius 3 is 2.75 bits per heavy atom. The predicted octanol–water partition coefficient (Wildman–Crippen LogP) is 4.03. The second-order valence-corrected chi connectivity index (χ2v) is 6.47. The summed E-state index contributed by atoms with van der Waals surface area (Å²) >= 11 is 2.21. The number of benzene rings is 1. The summed E-state index contributed by atoms with van der Waals surface area (Å²) in [5, 5.41) is 4.58. The van der Waals surface area contributed by atoms with Crippen molar-refractivity contribution < 1.29 is 4.79 Å². The van der Waals surface area contributed by atoms with E-state index in [1.165, 1.54) is 25.7 Å². The van der Waals surface area contributed by atoms with Crippen LogP contribution < -0.4 is 0 Å². The lowest BCUT2D eigenvalue weighted by molar-refractivity contribution is 0.0991. The summed E-state index contributed by atoms with van der Waals surface area (Å²) in [6.45, 7) is 0. The minimum Gasteiger partial charge on any atom is -0.294 e. The van der Waals surface area contributed by atoms with Crippen molar-refractivity contribution in [3.05, 3.63) is 51.4 Å². The molecule has 1 aliphatic rings. The minimum absolute atomic E-state index is 0.145. The fourth-order valence-corrected chi connectivity index (χ4v) is 3.48. The average molecular weight is 380 g/mol. The molecule has 3 nitrogen and oxygen atoms in total. The Morgan fingerprint density at radius 2 is 2.00 bits per heavy atom. The van der Waals surface area contributed by atoms with E-state index in [1.54, 1.807) is 0 Å². The zero-order chi connectivity index (χ0) is 13.9. The molecule has 0 N–H and O–H groups in total. The third-order valence-electron chi connectivity index (χ3n) is 3.88. The first-order chi connectivity index (χ1) is 9.74. The fourth-order valence-electron chi connectivity index (χ4n) is 2.79. The van der Waals surface area contributed by atoms with Gasteiger partial charge in [0, 0.05) is 15.3 Å². The van der Waals surface area contributed by atoms with Crippen LogP contribution in [0.3, 0.4) is 0 Å². The van der Waals surface area contributed by atoms with Crippen LogP contribution >= 0.6 is 22.6 Å². The first-order valence-corrected chi connectivity index (χ1v) is 8.13. The molecule has 0 radical (unpaired) electrons. The highest BCUT2D eigenvalue weighted by Gasteiger charge is 2.18. The predicted molar refractivity (Wildman–Crippen MR) is 86.9 cm³/mol. The van der Waals surface area contributed by atoms with Crippen molar-refractivity contribution in [1.29, 1.82) is 0 Å².